The maximum absolute atomic E-state index is 12.8. The largest absolute Gasteiger partial charge is 0.332 e. The van der Waals surface area contributed by atoms with Crippen molar-refractivity contribution in [2.24, 2.45) is 14.1 Å². The maximum Gasteiger partial charge on any atom is 0.332 e. The van der Waals surface area contributed by atoms with Gasteiger partial charge in [0.05, 0.1) is 5.75 Å². The van der Waals surface area contributed by atoms with Crippen LogP contribution in [0, 0.1) is 6.92 Å². The standard InChI is InChI=1S/C19H19N5O3S/c1-11-20-16-15(18(26)23(3)19(27)22(16)2)17(21-11)28-10-14(25)24-9-8-12-6-4-5-7-13(12)24/h4-7H,8-10H2,1-3H3. The van der Waals surface area contributed by atoms with Crippen LogP contribution in [0.5, 0.6) is 0 Å². The molecule has 9 heteroatoms. The second kappa shape index (κ2) is 6.90. The number of aryl methyl sites for hydroxylation is 2. The van der Waals surface area contributed by atoms with Gasteiger partial charge in [0.15, 0.2) is 5.65 Å². The third kappa shape index (κ3) is 2.91. The molecule has 0 bridgehead atoms. The maximum atomic E-state index is 12.8. The first-order valence-corrected chi connectivity index (χ1v) is 9.82. The predicted molar refractivity (Wildman–Crippen MR) is 108 cm³/mol. The summed E-state index contributed by atoms with van der Waals surface area (Å²) in [5.74, 6) is 0.546. The van der Waals surface area contributed by atoms with E-state index < -0.39 is 11.2 Å². The van der Waals surface area contributed by atoms with E-state index in [0.717, 1.165) is 22.2 Å². The molecular weight excluding hydrogens is 378 g/mol. The van der Waals surface area contributed by atoms with E-state index in [4.69, 9.17) is 0 Å². The van der Waals surface area contributed by atoms with Crippen molar-refractivity contribution in [1.82, 2.24) is 19.1 Å². The molecule has 1 aliphatic heterocycles. The SMILES string of the molecule is Cc1nc(SCC(=O)N2CCc3ccccc32)c2c(=O)n(C)c(=O)n(C)c2n1. The van der Waals surface area contributed by atoms with Crippen LogP contribution in [0.15, 0.2) is 38.9 Å². The van der Waals surface area contributed by atoms with Gasteiger partial charge in [-0.3, -0.25) is 18.7 Å². The molecule has 0 unspecified atom stereocenters. The second-order valence-electron chi connectivity index (χ2n) is 6.69. The molecule has 8 nitrogen and oxygen atoms in total. The molecular formula is C19H19N5O3S. The summed E-state index contributed by atoms with van der Waals surface area (Å²) < 4.78 is 2.36. The normalized spacial score (nSPS) is 13.2. The van der Waals surface area contributed by atoms with Gasteiger partial charge in [0.25, 0.3) is 5.56 Å². The van der Waals surface area contributed by atoms with E-state index in [0.29, 0.717) is 17.4 Å². The van der Waals surface area contributed by atoms with Crippen LogP contribution in [0.2, 0.25) is 0 Å². The van der Waals surface area contributed by atoms with E-state index in [2.05, 4.69) is 9.97 Å². The Morgan fingerprint density at radius 2 is 1.89 bits per heavy atom. The van der Waals surface area contributed by atoms with Gasteiger partial charge >= 0.3 is 5.69 Å². The average Bonchev–Trinajstić information content (AvgIpc) is 3.12. The van der Waals surface area contributed by atoms with Crippen molar-refractivity contribution >= 4 is 34.4 Å². The van der Waals surface area contributed by atoms with E-state index in [1.807, 2.05) is 24.3 Å². The zero-order valence-corrected chi connectivity index (χ0v) is 16.6. The molecule has 0 saturated heterocycles. The number of amides is 1. The summed E-state index contributed by atoms with van der Waals surface area (Å²) >= 11 is 1.20. The van der Waals surface area contributed by atoms with Gasteiger partial charge in [0, 0.05) is 26.3 Å². The monoisotopic (exact) mass is 397 g/mol. The van der Waals surface area contributed by atoms with Crippen LogP contribution in [-0.4, -0.2) is 37.3 Å². The Morgan fingerprint density at radius 3 is 2.68 bits per heavy atom. The molecule has 4 rings (SSSR count). The molecule has 1 aliphatic rings. The molecule has 3 aromatic rings. The van der Waals surface area contributed by atoms with Crippen molar-refractivity contribution in [3.8, 4) is 0 Å². The van der Waals surface area contributed by atoms with Gasteiger partial charge < -0.3 is 4.90 Å². The minimum Gasteiger partial charge on any atom is -0.311 e. The van der Waals surface area contributed by atoms with Gasteiger partial charge in [0.1, 0.15) is 16.2 Å². The predicted octanol–water partition coefficient (Wildman–Crippen LogP) is 1.02. The number of aromatic nitrogens is 4. The molecule has 0 spiro atoms. The zero-order valence-electron chi connectivity index (χ0n) is 15.8. The van der Waals surface area contributed by atoms with E-state index in [1.165, 1.54) is 23.4 Å². The molecule has 0 aliphatic carbocycles. The highest BCUT2D eigenvalue weighted by Crippen LogP contribution is 2.29. The lowest BCUT2D eigenvalue weighted by atomic mass is 10.2. The Balaban J connectivity index is 1.69. The molecule has 3 heterocycles. The van der Waals surface area contributed by atoms with E-state index in [9.17, 15) is 14.4 Å². The number of fused-ring (bicyclic) bond motifs is 2. The Bertz CT molecular complexity index is 1230. The van der Waals surface area contributed by atoms with Crippen LogP contribution in [0.1, 0.15) is 11.4 Å². The summed E-state index contributed by atoms with van der Waals surface area (Å²) in [4.78, 5) is 48.0. The summed E-state index contributed by atoms with van der Waals surface area (Å²) in [7, 11) is 2.99. The Labute approximate surface area is 164 Å². The Hall–Kier alpha value is -2.94. The van der Waals surface area contributed by atoms with E-state index in [-0.39, 0.29) is 22.7 Å². The number of nitrogens with zero attached hydrogens (tertiary/aromatic N) is 5. The zero-order chi connectivity index (χ0) is 20.0. The van der Waals surface area contributed by atoms with Crippen LogP contribution in [-0.2, 0) is 25.3 Å². The fourth-order valence-corrected chi connectivity index (χ4v) is 4.38. The number of benzene rings is 1. The van der Waals surface area contributed by atoms with Crippen LogP contribution in [0.3, 0.4) is 0 Å². The highest BCUT2D eigenvalue weighted by Gasteiger charge is 2.25. The van der Waals surface area contributed by atoms with Crippen LogP contribution in [0.25, 0.3) is 11.0 Å². The van der Waals surface area contributed by atoms with Gasteiger partial charge in [-0.1, -0.05) is 30.0 Å². The number of carbonyl (C=O) groups excluding carboxylic acids is 1. The number of hydrogen-bond acceptors (Lipinski definition) is 6. The van der Waals surface area contributed by atoms with Crippen molar-refractivity contribution in [3.05, 3.63) is 56.5 Å². The fourth-order valence-electron chi connectivity index (χ4n) is 3.44. The lowest BCUT2D eigenvalue weighted by molar-refractivity contribution is -0.116. The van der Waals surface area contributed by atoms with Crippen molar-refractivity contribution in [3.63, 3.8) is 0 Å². The third-order valence-electron chi connectivity index (χ3n) is 4.90. The molecule has 28 heavy (non-hydrogen) atoms. The summed E-state index contributed by atoms with van der Waals surface area (Å²) in [6.45, 7) is 2.35. The molecule has 1 amide bonds. The van der Waals surface area contributed by atoms with Gasteiger partial charge in [0.2, 0.25) is 5.91 Å². The van der Waals surface area contributed by atoms with E-state index in [1.54, 1.807) is 18.9 Å². The highest BCUT2D eigenvalue weighted by atomic mass is 32.2. The van der Waals surface area contributed by atoms with Gasteiger partial charge in [-0.25, -0.2) is 14.8 Å². The Kier molecular flexibility index (Phi) is 4.54. The van der Waals surface area contributed by atoms with Gasteiger partial charge in [-0.15, -0.1) is 0 Å². The van der Waals surface area contributed by atoms with Crippen molar-refractivity contribution in [2.75, 3.05) is 17.2 Å². The van der Waals surface area contributed by atoms with Crippen molar-refractivity contribution in [2.45, 2.75) is 18.4 Å². The second-order valence-corrected chi connectivity index (χ2v) is 7.66. The Morgan fingerprint density at radius 1 is 1.14 bits per heavy atom. The lowest BCUT2D eigenvalue weighted by Gasteiger charge is -2.17. The fraction of sp³-hybridized carbons (Fsp3) is 0.316. The quantitative estimate of drug-likeness (QED) is 0.484. The summed E-state index contributed by atoms with van der Waals surface area (Å²) in [6.07, 6.45) is 0.838. The summed E-state index contributed by atoms with van der Waals surface area (Å²) in [6, 6.07) is 7.86. The van der Waals surface area contributed by atoms with Gasteiger partial charge in [-0.2, -0.15) is 0 Å². The number of thioether (sulfide) groups is 1. The first kappa shape index (κ1) is 18.4. The van der Waals surface area contributed by atoms with Crippen molar-refractivity contribution < 1.29 is 4.79 Å². The number of rotatable bonds is 3. The van der Waals surface area contributed by atoms with Crippen LogP contribution in [0.4, 0.5) is 5.69 Å². The minimum absolute atomic E-state index is 0.0407. The van der Waals surface area contributed by atoms with E-state index >= 15 is 0 Å². The smallest absolute Gasteiger partial charge is 0.311 e. The molecule has 1 aromatic carbocycles. The topological polar surface area (TPSA) is 90.1 Å². The highest BCUT2D eigenvalue weighted by molar-refractivity contribution is 8.00. The first-order valence-electron chi connectivity index (χ1n) is 8.84. The summed E-state index contributed by atoms with van der Waals surface area (Å²) in [5, 5.41) is 0.675. The van der Waals surface area contributed by atoms with Crippen LogP contribution >= 0.6 is 11.8 Å². The third-order valence-corrected chi connectivity index (χ3v) is 5.86. The number of carbonyl (C=O) groups is 1. The molecule has 0 atom stereocenters. The molecule has 0 fully saturated rings. The molecule has 0 N–H and O–H groups in total. The number of anilines is 1. The average molecular weight is 397 g/mol. The molecule has 2 aromatic heterocycles. The van der Waals surface area contributed by atoms with Gasteiger partial charge in [-0.05, 0) is 25.0 Å². The molecule has 0 saturated carbocycles. The lowest BCUT2D eigenvalue weighted by Crippen LogP contribution is -2.38. The summed E-state index contributed by atoms with van der Waals surface area (Å²) in [5.41, 5.74) is 1.47. The minimum atomic E-state index is -0.459. The number of hydrogen-bond donors (Lipinski definition) is 0. The van der Waals surface area contributed by atoms with Crippen molar-refractivity contribution in [1.29, 1.82) is 0 Å². The van der Waals surface area contributed by atoms with Crippen LogP contribution < -0.4 is 16.1 Å². The first-order chi connectivity index (χ1) is 13.4. The molecule has 0 radical (unpaired) electrons. The molecule has 144 valence electrons. The number of para-hydroxylation sites is 1.